The maximum absolute atomic E-state index is 12.9. The zero-order valence-electron chi connectivity index (χ0n) is 11.7. The molecule has 0 amide bonds. The second-order valence-corrected chi connectivity index (χ2v) is 6.54. The Bertz CT molecular complexity index is 458. The third-order valence-corrected chi connectivity index (χ3v) is 4.61. The zero-order valence-corrected chi connectivity index (χ0v) is 12.5. The molecule has 0 aromatic carbocycles. The Labute approximate surface area is 122 Å². The molecule has 2 N–H and O–H groups in total. The highest BCUT2D eigenvalue weighted by Gasteiger charge is 2.35. The molecule has 1 heterocycles. The number of esters is 1. The van der Waals surface area contributed by atoms with Crippen LogP contribution in [0.4, 0.5) is 8.78 Å². The van der Waals surface area contributed by atoms with Gasteiger partial charge in [-0.3, -0.25) is 4.79 Å². The van der Waals surface area contributed by atoms with Gasteiger partial charge >= 0.3 is 5.97 Å². The van der Waals surface area contributed by atoms with Gasteiger partial charge in [0.05, 0.1) is 19.1 Å². The Balaban J connectivity index is 2.64. The first-order valence-electron chi connectivity index (χ1n) is 6.62. The van der Waals surface area contributed by atoms with E-state index in [0.29, 0.717) is 12.8 Å². The topological polar surface area (TPSA) is 95.9 Å². The molecular formula is C11H20F2N2O5S. The van der Waals surface area contributed by atoms with Crippen LogP contribution in [0.5, 0.6) is 0 Å². The van der Waals surface area contributed by atoms with Gasteiger partial charge in [-0.1, -0.05) is 0 Å². The molecule has 0 aromatic rings. The van der Waals surface area contributed by atoms with Gasteiger partial charge in [-0.2, -0.15) is 17.4 Å². The van der Waals surface area contributed by atoms with Gasteiger partial charge in [0.2, 0.25) is 0 Å². The summed E-state index contributed by atoms with van der Waals surface area (Å²) >= 11 is 0. The largest absolute Gasteiger partial charge is 0.466 e. The highest BCUT2D eigenvalue weighted by atomic mass is 32.2. The molecule has 0 aliphatic carbocycles. The number of nitrogens with zero attached hydrogens (tertiary/aromatic N) is 1. The van der Waals surface area contributed by atoms with E-state index in [2.05, 4.69) is 0 Å². The van der Waals surface area contributed by atoms with Crippen LogP contribution in [0.25, 0.3) is 0 Å². The summed E-state index contributed by atoms with van der Waals surface area (Å²) in [6.07, 6.45) is 0.943. The number of carbonyl (C=O) groups excluding carboxylic acids is 1. The average Bonchev–Trinajstić information content (AvgIpc) is 2.46. The number of aliphatic hydroxyl groups is 1. The number of hydrogen-bond donors (Lipinski definition) is 2. The smallest absolute Gasteiger partial charge is 0.310 e. The van der Waals surface area contributed by atoms with Crippen LogP contribution in [0.1, 0.15) is 19.8 Å². The van der Waals surface area contributed by atoms with Crippen LogP contribution in [-0.4, -0.2) is 62.6 Å². The molecule has 1 atom stereocenters. The van der Waals surface area contributed by atoms with Gasteiger partial charge in [-0.05, 0) is 19.8 Å². The maximum atomic E-state index is 12.9. The first kappa shape index (κ1) is 18.2. The number of alkyl halides is 2. The number of ether oxygens (including phenoxy) is 1. The van der Waals surface area contributed by atoms with Gasteiger partial charge in [0.1, 0.15) is 6.61 Å². The van der Waals surface area contributed by atoms with Crippen molar-refractivity contribution in [2.24, 2.45) is 5.92 Å². The Hall–Kier alpha value is -0.840. The summed E-state index contributed by atoms with van der Waals surface area (Å²) in [6, 6.07) is 0. The van der Waals surface area contributed by atoms with Gasteiger partial charge in [0.25, 0.3) is 16.1 Å². The van der Waals surface area contributed by atoms with Crippen molar-refractivity contribution in [3.8, 4) is 0 Å². The molecule has 0 radical (unpaired) electrons. The number of piperidine rings is 1. The van der Waals surface area contributed by atoms with E-state index in [1.54, 1.807) is 11.6 Å². The highest BCUT2D eigenvalue weighted by Crippen LogP contribution is 2.20. The molecule has 21 heavy (non-hydrogen) atoms. The first-order valence-corrected chi connectivity index (χ1v) is 8.06. The second kappa shape index (κ2) is 7.43. The zero-order chi connectivity index (χ0) is 16.1. The van der Waals surface area contributed by atoms with E-state index in [4.69, 9.17) is 9.84 Å². The molecule has 1 unspecified atom stereocenters. The van der Waals surface area contributed by atoms with E-state index in [9.17, 15) is 22.0 Å². The van der Waals surface area contributed by atoms with E-state index >= 15 is 0 Å². The Morgan fingerprint density at radius 1 is 1.52 bits per heavy atom. The quantitative estimate of drug-likeness (QED) is 0.626. The number of halogens is 2. The number of carbonyl (C=O) groups is 1. The van der Waals surface area contributed by atoms with Gasteiger partial charge in [0.15, 0.2) is 0 Å². The van der Waals surface area contributed by atoms with Crippen molar-refractivity contribution < 1.29 is 31.8 Å². The van der Waals surface area contributed by atoms with Crippen molar-refractivity contribution in [1.82, 2.24) is 9.03 Å². The summed E-state index contributed by atoms with van der Waals surface area (Å²) in [5.41, 5.74) is 0. The molecule has 1 aliphatic rings. The normalized spacial score (nSPS) is 21.2. The minimum absolute atomic E-state index is 0.0984. The van der Waals surface area contributed by atoms with E-state index in [1.165, 1.54) is 0 Å². The third kappa shape index (κ3) is 5.46. The Kier molecular flexibility index (Phi) is 6.44. The SMILES string of the molecule is CCOC(=O)C1CCCN(S(=O)(=O)NCC(F)(F)CO)C1. The molecule has 1 rings (SSSR count). The lowest BCUT2D eigenvalue weighted by atomic mass is 10.0. The Morgan fingerprint density at radius 3 is 2.76 bits per heavy atom. The summed E-state index contributed by atoms with van der Waals surface area (Å²) in [7, 11) is -4.12. The molecule has 0 aromatic heterocycles. The summed E-state index contributed by atoms with van der Waals surface area (Å²) in [4.78, 5) is 11.6. The molecule has 1 saturated heterocycles. The van der Waals surface area contributed by atoms with Crippen LogP contribution >= 0.6 is 0 Å². The second-order valence-electron chi connectivity index (χ2n) is 4.79. The summed E-state index contributed by atoms with van der Waals surface area (Å²) in [5, 5.41) is 8.42. The number of aliphatic hydroxyl groups excluding tert-OH is 1. The highest BCUT2D eigenvalue weighted by molar-refractivity contribution is 7.87. The summed E-state index contributed by atoms with van der Waals surface area (Å²) in [5.74, 6) is -4.60. The van der Waals surface area contributed by atoms with Crippen molar-refractivity contribution in [2.45, 2.75) is 25.7 Å². The molecule has 0 saturated carbocycles. The summed E-state index contributed by atoms with van der Waals surface area (Å²) in [6.45, 7) is -0.737. The van der Waals surface area contributed by atoms with E-state index in [1.807, 2.05) is 0 Å². The van der Waals surface area contributed by atoms with Crippen LogP contribution in [0, 0.1) is 5.92 Å². The molecule has 7 nitrogen and oxygen atoms in total. The average molecular weight is 330 g/mol. The lowest BCUT2D eigenvalue weighted by molar-refractivity contribution is -0.149. The maximum Gasteiger partial charge on any atom is 0.310 e. The van der Waals surface area contributed by atoms with Crippen LogP contribution in [0.2, 0.25) is 0 Å². The molecule has 1 aliphatic heterocycles. The predicted molar refractivity (Wildman–Crippen MR) is 69.9 cm³/mol. The number of rotatable bonds is 7. The minimum Gasteiger partial charge on any atom is -0.466 e. The van der Waals surface area contributed by atoms with Crippen LogP contribution < -0.4 is 4.72 Å². The van der Waals surface area contributed by atoms with Gasteiger partial charge < -0.3 is 9.84 Å². The van der Waals surface area contributed by atoms with Gasteiger partial charge in [0, 0.05) is 13.1 Å². The van der Waals surface area contributed by atoms with Gasteiger partial charge in [-0.25, -0.2) is 8.78 Å². The van der Waals surface area contributed by atoms with Crippen molar-refractivity contribution in [3.63, 3.8) is 0 Å². The van der Waals surface area contributed by atoms with Gasteiger partial charge in [-0.15, -0.1) is 0 Å². The fourth-order valence-corrected chi connectivity index (χ4v) is 3.28. The lowest BCUT2D eigenvalue weighted by Crippen LogP contribution is -2.50. The van der Waals surface area contributed by atoms with E-state index < -0.39 is 41.2 Å². The summed E-state index contributed by atoms with van der Waals surface area (Å²) < 4.78 is 57.2. The van der Waals surface area contributed by atoms with Crippen molar-refractivity contribution in [3.05, 3.63) is 0 Å². The van der Waals surface area contributed by atoms with Crippen molar-refractivity contribution in [1.29, 1.82) is 0 Å². The fourth-order valence-electron chi connectivity index (χ4n) is 1.96. The monoisotopic (exact) mass is 330 g/mol. The van der Waals surface area contributed by atoms with Crippen LogP contribution in [0.15, 0.2) is 0 Å². The number of hydrogen-bond acceptors (Lipinski definition) is 5. The first-order chi connectivity index (χ1) is 9.72. The standard InChI is InChI=1S/C11H20F2N2O5S/c1-2-20-10(17)9-4-3-5-15(6-9)21(18,19)14-7-11(12,13)8-16/h9,14,16H,2-8H2,1H3. The van der Waals surface area contributed by atoms with Crippen molar-refractivity contribution in [2.75, 3.05) is 32.8 Å². The fraction of sp³-hybridized carbons (Fsp3) is 0.909. The van der Waals surface area contributed by atoms with E-state index in [-0.39, 0.29) is 19.7 Å². The lowest BCUT2D eigenvalue weighted by Gasteiger charge is -2.31. The molecular weight excluding hydrogens is 310 g/mol. The molecule has 124 valence electrons. The third-order valence-electron chi connectivity index (χ3n) is 3.09. The predicted octanol–water partition coefficient (Wildman–Crippen LogP) is -0.276. The minimum atomic E-state index is -4.12. The van der Waals surface area contributed by atoms with Crippen LogP contribution in [0.3, 0.4) is 0 Å². The molecule has 0 spiro atoms. The Morgan fingerprint density at radius 2 is 2.19 bits per heavy atom. The van der Waals surface area contributed by atoms with Crippen molar-refractivity contribution >= 4 is 16.2 Å². The van der Waals surface area contributed by atoms with Crippen LogP contribution in [-0.2, 0) is 19.7 Å². The molecule has 1 fully saturated rings. The number of nitrogens with one attached hydrogen (secondary N) is 1. The molecule has 10 heteroatoms. The molecule has 0 bridgehead atoms. The van der Waals surface area contributed by atoms with E-state index in [0.717, 1.165) is 4.31 Å².